The molecule has 0 bridgehead atoms. The van der Waals surface area contributed by atoms with E-state index in [4.69, 9.17) is 11.6 Å². The zero-order valence-electron chi connectivity index (χ0n) is 16.7. The topological polar surface area (TPSA) is 49.6 Å². The molecule has 158 valence electrons. The number of hydrogen-bond donors (Lipinski definition) is 1. The number of fused-ring (bicyclic) bond motifs is 1. The molecule has 1 amide bonds. The van der Waals surface area contributed by atoms with E-state index in [-0.39, 0.29) is 18.7 Å². The lowest BCUT2D eigenvalue weighted by atomic mass is 10.1. The molecule has 0 saturated carbocycles. The Balaban J connectivity index is 1.43. The van der Waals surface area contributed by atoms with E-state index in [1.54, 1.807) is 22.7 Å². The third-order valence-corrected chi connectivity index (χ3v) is 5.68. The molecule has 0 aliphatic carbocycles. The van der Waals surface area contributed by atoms with E-state index < -0.39 is 5.92 Å². The van der Waals surface area contributed by atoms with E-state index in [9.17, 15) is 13.6 Å². The largest absolute Gasteiger partial charge is 0.371 e. The van der Waals surface area contributed by atoms with Gasteiger partial charge in [0.05, 0.1) is 10.7 Å². The summed E-state index contributed by atoms with van der Waals surface area (Å²) in [4.78, 5) is 19.3. The van der Waals surface area contributed by atoms with Gasteiger partial charge in [-0.25, -0.2) is 13.8 Å². The van der Waals surface area contributed by atoms with Crippen LogP contribution in [0, 0.1) is 0 Å². The number of piperidine rings is 1. The number of carbonyl (C=O) groups excluding carboxylic acids is 1. The highest BCUT2D eigenvalue weighted by atomic mass is 35.5. The smallest absolute Gasteiger partial charge is 0.270 e. The summed E-state index contributed by atoms with van der Waals surface area (Å²) < 4.78 is 28.4. The first-order valence-corrected chi connectivity index (χ1v) is 10.4. The lowest BCUT2D eigenvalue weighted by molar-refractivity contribution is -0.0220. The van der Waals surface area contributed by atoms with Gasteiger partial charge < -0.3 is 10.2 Å². The van der Waals surface area contributed by atoms with Crippen LogP contribution in [0.5, 0.6) is 0 Å². The highest BCUT2D eigenvalue weighted by molar-refractivity contribution is 6.30. The van der Waals surface area contributed by atoms with E-state index in [0.717, 1.165) is 11.3 Å². The van der Waals surface area contributed by atoms with E-state index in [1.807, 2.05) is 36.1 Å². The molecule has 2 aromatic heterocycles. The number of amides is 1. The molecule has 1 fully saturated rings. The Morgan fingerprint density at radius 1 is 1.17 bits per heavy atom. The van der Waals surface area contributed by atoms with Crippen LogP contribution >= 0.6 is 11.6 Å². The zero-order chi connectivity index (χ0) is 21.3. The summed E-state index contributed by atoms with van der Waals surface area (Å²) in [5.41, 5.74) is 3.73. The molecule has 3 heterocycles. The highest BCUT2D eigenvalue weighted by Gasteiger charge is 2.33. The van der Waals surface area contributed by atoms with Crippen LogP contribution in [0.3, 0.4) is 0 Å². The third kappa shape index (κ3) is 4.26. The molecule has 5 nitrogen and oxygen atoms in total. The van der Waals surface area contributed by atoms with Gasteiger partial charge in [0.15, 0.2) is 0 Å². The summed E-state index contributed by atoms with van der Waals surface area (Å²) >= 11 is 6.09. The van der Waals surface area contributed by atoms with Gasteiger partial charge in [-0.2, -0.15) is 0 Å². The molecule has 8 heteroatoms. The molecular formula is C22H23ClF2N4O. The average Bonchev–Trinajstić information content (AvgIpc) is 3.10. The predicted octanol–water partition coefficient (Wildman–Crippen LogP) is 4.72. The van der Waals surface area contributed by atoms with Crippen molar-refractivity contribution < 1.29 is 13.6 Å². The van der Waals surface area contributed by atoms with Crippen molar-refractivity contribution in [2.75, 3.05) is 18.0 Å². The predicted molar refractivity (Wildman–Crippen MR) is 114 cm³/mol. The van der Waals surface area contributed by atoms with Crippen molar-refractivity contribution in [1.29, 1.82) is 0 Å². The molecule has 0 atom stereocenters. The Bertz CT molecular complexity index is 1050. The number of nitrogens with one attached hydrogen (secondary N) is 1. The maximum atomic E-state index is 13.3. The van der Waals surface area contributed by atoms with Gasteiger partial charge in [0.25, 0.3) is 11.8 Å². The minimum atomic E-state index is -2.56. The monoisotopic (exact) mass is 432 g/mol. The number of alkyl halides is 2. The SMILES string of the molecule is CCc1nc2ccc(Cl)cn2c1C(=O)NCc1ccc(N2CCC(F)(F)CC2)cc1. The minimum Gasteiger partial charge on any atom is -0.371 e. The highest BCUT2D eigenvalue weighted by Crippen LogP contribution is 2.30. The number of hydrogen-bond acceptors (Lipinski definition) is 3. The second-order valence-electron chi connectivity index (χ2n) is 7.53. The molecule has 30 heavy (non-hydrogen) atoms. The lowest BCUT2D eigenvalue weighted by Crippen LogP contribution is -2.39. The van der Waals surface area contributed by atoms with E-state index in [2.05, 4.69) is 10.3 Å². The number of aromatic nitrogens is 2. The van der Waals surface area contributed by atoms with Crippen molar-refractivity contribution in [2.24, 2.45) is 0 Å². The van der Waals surface area contributed by atoms with Gasteiger partial charge >= 0.3 is 0 Å². The van der Waals surface area contributed by atoms with Crippen LogP contribution in [0.15, 0.2) is 42.6 Å². The first kappa shape index (κ1) is 20.6. The van der Waals surface area contributed by atoms with Crippen LogP contribution in [-0.2, 0) is 13.0 Å². The van der Waals surface area contributed by atoms with Crippen LogP contribution in [0.1, 0.15) is 41.5 Å². The Labute approximate surface area is 178 Å². The minimum absolute atomic E-state index is 0.117. The molecule has 1 N–H and O–H groups in total. The van der Waals surface area contributed by atoms with Crippen molar-refractivity contribution in [3.8, 4) is 0 Å². The number of anilines is 1. The zero-order valence-corrected chi connectivity index (χ0v) is 17.4. The standard InChI is InChI=1S/C22H23ClF2N4O/c1-2-18-20(29-14-16(23)5-8-19(29)27-18)21(30)26-13-15-3-6-17(7-4-15)28-11-9-22(24,25)10-12-28/h3-8,14H,2,9-13H2,1H3,(H,26,30). The maximum absolute atomic E-state index is 13.3. The maximum Gasteiger partial charge on any atom is 0.270 e. The summed E-state index contributed by atoms with van der Waals surface area (Å²) in [5.74, 6) is -2.77. The first-order valence-electron chi connectivity index (χ1n) is 10.0. The number of benzene rings is 1. The lowest BCUT2D eigenvalue weighted by Gasteiger charge is -2.33. The van der Waals surface area contributed by atoms with E-state index >= 15 is 0 Å². The van der Waals surface area contributed by atoms with Crippen LogP contribution in [-0.4, -0.2) is 34.3 Å². The Hall–Kier alpha value is -2.67. The number of halogens is 3. The fraction of sp³-hybridized carbons (Fsp3) is 0.364. The fourth-order valence-corrected chi connectivity index (χ4v) is 3.90. The van der Waals surface area contributed by atoms with Gasteiger partial charge in [0.2, 0.25) is 0 Å². The van der Waals surface area contributed by atoms with Crippen LogP contribution in [0.4, 0.5) is 14.5 Å². The summed E-state index contributed by atoms with van der Waals surface area (Å²) in [6, 6.07) is 11.2. The van der Waals surface area contributed by atoms with Gasteiger partial charge in [-0.05, 0) is 36.2 Å². The number of rotatable bonds is 5. The molecule has 1 aromatic carbocycles. The molecule has 1 saturated heterocycles. The van der Waals surface area contributed by atoms with Crippen LogP contribution in [0.25, 0.3) is 5.65 Å². The van der Waals surface area contributed by atoms with Gasteiger partial charge in [-0.1, -0.05) is 30.7 Å². The average molecular weight is 433 g/mol. The van der Waals surface area contributed by atoms with Gasteiger partial charge in [-0.3, -0.25) is 9.20 Å². The number of pyridine rings is 1. The van der Waals surface area contributed by atoms with E-state index in [1.165, 1.54) is 0 Å². The molecule has 3 aromatic rings. The Morgan fingerprint density at radius 3 is 2.53 bits per heavy atom. The van der Waals surface area contributed by atoms with Crippen molar-refractivity contribution in [3.63, 3.8) is 0 Å². The molecule has 0 unspecified atom stereocenters. The van der Waals surface area contributed by atoms with Gasteiger partial charge in [-0.15, -0.1) is 0 Å². The summed E-state index contributed by atoms with van der Waals surface area (Å²) in [7, 11) is 0. The van der Waals surface area contributed by atoms with Crippen molar-refractivity contribution in [2.45, 2.75) is 38.7 Å². The molecular weight excluding hydrogens is 410 g/mol. The quantitative estimate of drug-likeness (QED) is 0.635. The number of aryl methyl sites for hydroxylation is 1. The molecule has 1 aliphatic rings. The fourth-order valence-electron chi connectivity index (χ4n) is 3.74. The summed E-state index contributed by atoms with van der Waals surface area (Å²) in [6.45, 7) is 3.00. The van der Waals surface area contributed by atoms with Gasteiger partial charge in [0.1, 0.15) is 11.3 Å². The second kappa shape index (κ2) is 8.22. The molecule has 1 aliphatic heterocycles. The first-order chi connectivity index (χ1) is 14.4. The molecule has 0 radical (unpaired) electrons. The molecule has 4 rings (SSSR count). The Kier molecular flexibility index (Phi) is 5.64. The molecule has 0 spiro atoms. The number of carbonyl (C=O) groups is 1. The van der Waals surface area contributed by atoms with Crippen LogP contribution in [0.2, 0.25) is 5.02 Å². The van der Waals surface area contributed by atoms with E-state index in [0.29, 0.717) is 48.1 Å². The van der Waals surface area contributed by atoms with Crippen molar-refractivity contribution in [3.05, 3.63) is 64.6 Å². The van der Waals surface area contributed by atoms with Gasteiger partial charge in [0, 0.05) is 44.4 Å². The van der Waals surface area contributed by atoms with Crippen LogP contribution < -0.4 is 10.2 Å². The normalized spacial score (nSPS) is 16.1. The van der Waals surface area contributed by atoms with Crippen molar-refractivity contribution in [1.82, 2.24) is 14.7 Å². The number of imidazole rings is 1. The third-order valence-electron chi connectivity index (χ3n) is 5.45. The Morgan fingerprint density at radius 2 is 1.87 bits per heavy atom. The second-order valence-corrected chi connectivity index (χ2v) is 7.96. The van der Waals surface area contributed by atoms with Crippen molar-refractivity contribution >= 4 is 28.8 Å². The number of nitrogens with zero attached hydrogens (tertiary/aromatic N) is 3. The summed E-state index contributed by atoms with van der Waals surface area (Å²) in [6.07, 6.45) is 2.09. The summed E-state index contributed by atoms with van der Waals surface area (Å²) in [5, 5.41) is 3.47.